The van der Waals surface area contributed by atoms with E-state index in [9.17, 15) is 8.78 Å². The van der Waals surface area contributed by atoms with E-state index in [0.29, 0.717) is 0 Å². The van der Waals surface area contributed by atoms with Gasteiger partial charge in [0.2, 0.25) is 0 Å². The molecule has 0 amide bonds. The number of nitrogens with one attached hydrogen (secondary N) is 1. The molecular weight excluding hydrogens is 276 g/mol. The molecule has 2 unspecified atom stereocenters. The van der Waals surface area contributed by atoms with Crippen LogP contribution in [0, 0.1) is 11.6 Å². The summed E-state index contributed by atoms with van der Waals surface area (Å²) < 4.78 is 38.2. The second-order valence-electron chi connectivity index (χ2n) is 4.85. The van der Waals surface area contributed by atoms with Crippen molar-refractivity contribution in [3.8, 4) is 11.5 Å². The number of ether oxygens (including phenoxy) is 2. The molecule has 2 aromatic carbocycles. The number of rotatable bonds is 3. The van der Waals surface area contributed by atoms with Crippen molar-refractivity contribution in [3.05, 3.63) is 59.7 Å². The second kappa shape index (κ2) is 5.69. The van der Waals surface area contributed by atoms with Gasteiger partial charge in [-0.25, -0.2) is 8.78 Å². The summed E-state index contributed by atoms with van der Waals surface area (Å²) in [7, 11) is 1.80. The number of hydrogen-bond acceptors (Lipinski definition) is 3. The van der Waals surface area contributed by atoms with Crippen molar-refractivity contribution in [3.63, 3.8) is 0 Å². The highest BCUT2D eigenvalue weighted by Crippen LogP contribution is 2.34. The molecule has 1 N–H and O–H groups in total. The summed E-state index contributed by atoms with van der Waals surface area (Å²) in [5.41, 5.74) is 0.938. The lowest BCUT2D eigenvalue weighted by molar-refractivity contribution is 0.0737. The molecule has 0 bridgehead atoms. The lowest BCUT2D eigenvalue weighted by Gasteiger charge is -2.33. The molecule has 1 aliphatic heterocycles. The van der Waals surface area contributed by atoms with Crippen LogP contribution in [0.2, 0.25) is 0 Å². The number of benzene rings is 2. The fourth-order valence-electron chi connectivity index (χ4n) is 2.51. The first-order chi connectivity index (χ1) is 10.2. The molecule has 2 atom stereocenters. The number of fused-ring (bicyclic) bond motifs is 1. The third-order valence-corrected chi connectivity index (χ3v) is 3.51. The van der Waals surface area contributed by atoms with Crippen molar-refractivity contribution in [1.29, 1.82) is 0 Å². The molecule has 5 heteroatoms. The lowest BCUT2D eigenvalue weighted by atomic mass is 9.98. The van der Waals surface area contributed by atoms with Crippen LogP contribution in [0.3, 0.4) is 0 Å². The van der Waals surface area contributed by atoms with Gasteiger partial charge in [-0.1, -0.05) is 18.2 Å². The van der Waals surface area contributed by atoms with Crippen LogP contribution in [0.15, 0.2) is 42.5 Å². The minimum Gasteiger partial charge on any atom is -0.489 e. The smallest absolute Gasteiger partial charge is 0.165 e. The third-order valence-electron chi connectivity index (χ3n) is 3.51. The Balaban J connectivity index is 1.88. The first kappa shape index (κ1) is 13.8. The van der Waals surface area contributed by atoms with Gasteiger partial charge in [0, 0.05) is 11.6 Å². The maximum absolute atomic E-state index is 13.7. The molecular formula is C16H15F2NO2. The molecule has 3 rings (SSSR count). The van der Waals surface area contributed by atoms with Crippen molar-refractivity contribution in [2.75, 3.05) is 13.7 Å². The Morgan fingerprint density at radius 1 is 1.19 bits per heavy atom. The standard InChI is InChI=1S/C16H15F2NO2/c1-19-16-11-4-2-3-5-13(11)20-9-15(16)21-14-8-10(17)6-7-12(14)18/h2-8,15-16,19H,9H2,1H3. The zero-order chi connectivity index (χ0) is 14.8. The Kier molecular flexibility index (Phi) is 3.75. The summed E-state index contributed by atoms with van der Waals surface area (Å²) >= 11 is 0. The van der Waals surface area contributed by atoms with E-state index < -0.39 is 17.7 Å². The Morgan fingerprint density at radius 2 is 2.00 bits per heavy atom. The minimum atomic E-state index is -0.592. The van der Waals surface area contributed by atoms with E-state index in [1.165, 1.54) is 0 Å². The summed E-state index contributed by atoms with van der Waals surface area (Å²) in [6, 6.07) is 10.6. The minimum absolute atomic E-state index is 0.108. The van der Waals surface area contributed by atoms with Crippen LogP contribution >= 0.6 is 0 Å². The summed E-state index contributed by atoms with van der Waals surface area (Å²) in [6.07, 6.45) is -0.443. The summed E-state index contributed by atoms with van der Waals surface area (Å²) in [6.45, 7) is 0.262. The zero-order valence-electron chi connectivity index (χ0n) is 11.5. The zero-order valence-corrected chi connectivity index (χ0v) is 11.5. The molecule has 1 aliphatic rings. The van der Waals surface area contributed by atoms with Gasteiger partial charge < -0.3 is 14.8 Å². The predicted octanol–water partition coefficient (Wildman–Crippen LogP) is 3.07. The molecule has 21 heavy (non-hydrogen) atoms. The number of halogens is 2. The number of hydrogen-bond donors (Lipinski definition) is 1. The topological polar surface area (TPSA) is 30.5 Å². The van der Waals surface area contributed by atoms with E-state index in [-0.39, 0.29) is 18.4 Å². The van der Waals surface area contributed by atoms with E-state index in [4.69, 9.17) is 9.47 Å². The van der Waals surface area contributed by atoms with Gasteiger partial charge >= 0.3 is 0 Å². The van der Waals surface area contributed by atoms with Crippen molar-refractivity contribution in [2.24, 2.45) is 0 Å². The van der Waals surface area contributed by atoms with Gasteiger partial charge in [0.15, 0.2) is 17.7 Å². The number of para-hydroxylation sites is 1. The molecule has 3 nitrogen and oxygen atoms in total. The van der Waals surface area contributed by atoms with Crippen LogP contribution < -0.4 is 14.8 Å². The molecule has 110 valence electrons. The van der Waals surface area contributed by atoms with E-state index in [1.54, 1.807) is 7.05 Å². The molecule has 1 heterocycles. The fraction of sp³-hybridized carbons (Fsp3) is 0.250. The first-order valence-electron chi connectivity index (χ1n) is 6.69. The highest BCUT2D eigenvalue weighted by molar-refractivity contribution is 5.39. The van der Waals surface area contributed by atoms with Crippen molar-refractivity contribution < 1.29 is 18.3 Å². The van der Waals surface area contributed by atoms with Crippen LogP contribution in [-0.4, -0.2) is 19.8 Å². The van der Waals surface area contributed by atoms with Crippen LogP contribution in [0.25, 0.3) is 0 Å². The van der Waals surface area contributed by atoms with Gasteiger partial charge in [0.1, 0.15) is 18.2 Å². The maximum atomic E-state index is 13.7. The summed E-state index contributed by atoms with van der Waals surface area (Å²) in [4.78, 5) is 0. The first-order valence-corrected chi connectivity index (χ1v) is 6.69. The van der Waals surface area contributed by atoms with Crippen LogP contribution in [0.4, 0.5) is 8.78 Å². The molecule has 0 spiro atoms. The summed E-state index contributed by atoms with van der Waals surface area (Å²) in [5.74, 6) is -0.464. The molecule has 0 saturated heterocycles. The van der Waals surface area contributed by atoms with Gasteiger partial charge in [-0.15, -0.1) is 0 Å². The van der Waals surface area contributed by atoms with Crippen molar-refractivity contribution in [2.45, 2.75) is 12.1 Å². The average Bonchev–Trinajstić information content (AvgIpc) is 2.50. The quantitative estimate of drug-likeness (QED) is 0.942. The lowest BCUT2D eigenvalue weighted by Crippen LogP contribution is -2.41. The van der Waals surface area contributed by atoms with Gasteiger partial charge in [0.25, 0.3) is 0 Å². The van der Waals surface area contributed by atoms with E-state index in [2.05, 4.69) is 5.32 Å². The largest absolute Gasteiger partial charge is 0.489 e. The maximum Gasteiger partial charge on any atom is 0.165 e. The highest BCUT2D eigenvalue weighted by atomic mass is 19.1. The SMILES string of the molecule is CNC1c2ccccc2OCC1Oc1cc(F)ccc1F. The average molecular weight is 291 g/mol. The van der Waals surface area contributed by atoms with Gasteiger partial charge in [-0.2, -0.15) is 0 Å². The van der Waals surface area contributed by atoms with Gasteiger partial charge in [0.05, 0.1) is 6.04 Å². The van der Waals surface area contributed by atoms with Crippen LogP contribution in [0.1, 0.15) is 11.6 Å². The Bertz CT molecular complexity index is 648. The van der Waals surface area contributed by atoms with Crippen molar-refractivity contribution in [1.82, 2.24) is 5.32 Å². The van der Waals surface area contributed by atoms with Gasteiger partial charge in [-0.3, -0.25) is 0 Å². The Labute approximate surface area is 121 Å². The van der Waals surface area contributed by atoms with E-state index in [1.807, 2.05) is 24.3 Å². The van der Waals surface area contributed by atoms with Crippen LogP contribution in [-0.2, 0) is 0 Å². The molecule has 0 saturated carbocycles. The second-order valence-corrected chi connectivity index (χ2v) is 4.85. The molecule has 0 aromatic heterocycles. The predicted molar refractivity (Wildman–Crippen MR) is 74.5 cm³/mol. The molecule has 2 aromatic rings. The Hall–Kier alpha value is -2.14. The Morgan fingerprint density at radius 3 is 2.81 bits per heavy atom. The third kappa shape index (κ3) is 2.69. The van der Waals surface area contributed by atoms with Gasteiger partial charge in [-0.05, 0) is 25.2 Å². The summed E-state index contributed by atoms with van der Waals surface area (Å²) in [5, 5.41) is 3.14. The normalized spacial score (nSPS) is 20.5. The number of likely N-dealkylation sites (N-methyl/N-ethyl adjacent to an activating group) is 1. The van der Waals surface area contributed by atoms with E-state index >= 15 is 0 Å². The highest BCUT2D eigenvalue weighted by Gasteiger charge is 2.31. The van der Waals surface area contributed by atoms with Crippen LogP contribution in [0.5, 0.6) is 11.5 Å². The van der Waals surface area contributed by atoms with Crippen molar-refractivity contribution >= 4 is 0 Å². The van der Waals surface area contributed by atoms with E-state index in [0.717, 1.165) is 29.5 Å². The molecule has 0 fully saturated rings. The molecule has 0 radical (unpaired) electrons. The fourth-order valence-corrected chi connectivity index (χ4v) is 2.51. The monoisotopic (exact) mass is 291 g/mol. The molecule has 0 aliphatic carbocycles.